The molecule has 0 bridgehead atoms. The number of aromatic nitrogens is 4. The van der Waals surface area contributed by atoms with Crippen LogP contribution >= 0.6 is 11.6 Å². The average Bonchev–Trinajstić information content (AvgIpc) is 2.75. The first-order valence-corrected chi connectivity index (χ1v) is 5.79. The summed E-state index contributed by atoms with van der Waals surface area (Å²) in [6.07, 6.45) is 0.579. The zero-order chi connectivity index (χ0) is 13.0. The summed E-state index contributed by atoms with van der Waals surface area (Å²) in [6, 6.07) is 6.80. The minimum Gasteiger partial charge on any atom is -0.352 e. The third-order valence-electron chi connectivity index (χ3n) is 2.43. The van der Waals surface area contributed by atoms with Crippen molar-refractivity contribution in [2.45, 2.75) is 6.42 Å². The Morgan fingerprint density at radius 1 is 1.50 bits per heavy atom. The van der Waals surface area contributed by atoms with Crippen LogP contribution < -0.4 is 5.32 Å². The summed E-state index contributed by atoms with van der Waals surface area (Å²) in [6.45, 7) is 0.472. The Balaban J connectivity index is 1.87. The molecule has 0 fully saturated rings. The van der Waals surface area contributed by atoms with Crippen LogP contribution in [0, 0.1) is 0 Å². The van der Waals surface area contributed by atoms with Crippen molar-refractivity contribution in [3.8, 4) is 0 Å². The molecular weight excluding hydrogens is 254 g/mol. The lowest BCUT2D eigenvalue weighted by molar-refractivity contribution is 0.0954. The maximum atomic E-state index is 11.8. The number of hydrogen-bond donors (Lipinski definition) is 1. The zero-order valence-corrected chi connectivity index (χ0v) is 10.6. The van der Waals surface area contributed by atoms with E-state index in [1.54, 1.807) is 36.0 Å². The zero-order valence-electron chi connectivity index (χ0n) is 9.80. The van der Waals surface area contributed by atoms with E-state index in [4.69, 9.17) is 11.6 Å². The van der Waals surface area contributed by atoms with E-state index in [-0.39, 0.29) is 5.91 Å². The topological polar surface area (TPSA) is 72.7 Å². The molecular formula is C11H12ClN5O. The van der Waals surface area contributed by atoms with Crippen LogP contribution in [0.15, 0.2) is 24.3 Å². The van der Waals surface area contributed by atoms with E-state index in [0.29, 0.717) is 23.6 Å². The fraction of sp³-hybridized carbons (Fsp3) is 0.273. The van der Waals surface area contributed by atoms with Gasteiger partial charge in [0.25, 0.3) is 5.91 Å². The van der Waals surface area contributed by atoms with E-state index < -0.39 is 0 Å². The second-order valence-electron chi connectivity index (χ2n) is 3.73. The summed E-state index contributed by atoms with van der Waals surface area (Å²) in [5, 5.41) is 14.4. The van der Waals surface area contributed by atoms with Gasteiger partial charge in [-0.25, -0.2) is 4.68 Å². The number of tetrazole rings is 1. The molecule has 1 amide bonds. The van der Waals surface area contributed by atoms with Crippen molar-refractivity contribution in [2.75, 3.05) is 6.54 Å². The molecule has 1 aromatic carbocycles. The molecule has 0 aliphatic carbocycles. The standard InChI is InChI=1S/C11H12ClN5O/c1-17-10(14-15-16-17)5-6-13-11(18)8-3-2-4-9(12)7-8/h2-4,7H,5-6H2,1H3,(H,13,18). The van der Waals surface area contributed by atoms with E-state index in [0.717, 1.165) is 5.82 Å². The summed E-state index contributed by atoms with van der Waals surface area (Å²) in [5.41, 5.74) is 0.540. The van der Waals surface area contributed by atoms with Crippen LogP contribution in [-0.4, -0.2) is 32.7 Å². The molecule has 0 aliphatic rings. The Kier molecular flexibility index (Phi) is 3.88. The number of aryl methyl sites for hydroxylation is 1. The third kappa shape index (κ3) is 3.04. The van der Waals surface area contributed by atoms with Crippen LogP contribution in [0.5, 0.6) is 0 Å². The Labute approximate surface area is 109 Å². The minimum atomic E-state index is -0.160. The Bertz CT molecular complexity index is 554. The number of rotatable bonds is 4. The molecule has 1 N–H and O–H groups in total. The number of carbonyl (C=O) groups is 1. The van der Waals surface area contributed by atoms with Gasteiger partial charge in [0, 0.05) is 30.6 Å². The molecule has 18 heavy (non-hydrogen) atoms. The van der Waals surface area contributed by atoms with Gasteiger partial charge < -0.3 is 5.32 Å². The smallest absolute Gasteiger partial charge is 0.251 e. The second-order valence-corrected chi connectivity index (χ2v) is 4.17. The Morgan fingerprint density at radius 3 is 3.00 bits per heavy atom. The summed E-state index contributed by atoms with van der Waals surface area (Å²) in [7, 11) is 1.76. The highest BCUT2D eigenvalue weighted by molar-refractivity contribution is 6.30. The minimum absolute atomic E-state index is 0.160. The van der Waals surface area contributed by atoms with Gasteiger partial charge in [0.15, 0.2) is 5.82 Å². The highest BCUT2D eigenvalue weighted by Crippen LogP contribution is 2.10. The molecule has 1 heterocycles. The number of carbonyl (C=O) groups excluding carboxylic acids is 1. The Morgan fingerprint density at radius 2 is 2.33 bits per heavy atom. The first-order valence-electron chi connectivity index (χ1n) is 5.42. The first-order chi connectivity index (χ1) is 8.66. The third-order valence-corrected chi connectivity index (χ3v) is 2.66. The highest BCUT2D eigenvalue weighted by atomic mass is 35.5. The SMILES string of the molecule is Cn1nnnc1CCNC(=O)c1cccc(Cl)c1. The van der Waals surface area contributed by atoms with Crippen molar-refractivity contribution in [1.29, 1.82) is 0 Å². The molecule has 2 aromatic rings. The lowest BCUT2D eigenvalue weighted by Crippen LogP contribution is -2.26. The quantitative estimate of drug-likeness (QED) is 0.889. The molecule has 2 rings (SSSR count). The van der Waals surface area contributed by atoms with Gasteiger partial charge in [0.1, 0.15) is 0 Å². The van der Waals surface area contributed by atoms with Gasteiger partial charge in [-0.05, 0) is 28.6 Å². The molecule has 0 unspecified atom stereocenters. The highest BCUT2D eigenvalue weighted by Gasteiger charge is 2.06. The van der Waals surface area contributed by atoms with Gasteiger partial charge >= 0.3 is 0 Å². The first kappa shape index (κ1) is 12.5. The van der Waals surface area contributed by atoms with Crippen molar-refractivity contribution < 1.29 is 4.79 Å². The summed E-state index contributed by atoms with van der Waals surface area (Å²) in [4.78, 5) is 11.8. The molecule has 0 saturated heterocycles. The van der Waals surface area contributed by atoms with E-state index in [1.807, 2.05) is 0 Å². The summed E-state index contributed by atoms with van der Waals surface area (Å²) in [5.74, 6) is 0.564. The number of benzene rings is 1. The Hall–Kier alpha value is -1.95. The molecule has 0 atom stereocenters. The molecule has 0 spiro atoms. The lowest BCUT2D eigenvalue weighted by atomic mass is 10.2. The van der Waals surface area contributed by atoms with Crippen molar-refractivity contribution in [1.82, 2.24) is 25.5 Å². The molecule has 0 radical (unpaired) electrons. The maximum absolute atomic E-state index is 11.8. The van der Waals surface area contributed by atoms with Crippen LogP contribution in [0.25, 0.3) is 0 Å². The van der Waals surface area contributed by atoms with Crippen molar-refractivity contribution in [3.05, 3.63) is 40.7 Å². The van der Waals surface area contributed by atoms with Crippen molar-refractivity contribution in [3.63, 3.8) is 0 Å². The molecule has 0 aliphatic heterocycles. The summed E-state index contributed by atoms with van der Waals surface area (Å²) < 4.78 is 1.57. The average molecular weight is 266 g/mol. The van der Waals surface area contributed by atoms with Gasteiger partial charge in [-0.15, -0.1) is 5.10 Å². The van der Waals surface area contributed by atoms with E-state index in [9.17, 15) is 4.79 Å². The second kappa shape index (κ2) is 5.59. The molecule has 94 valence electrons. The van der Waals surface area contributed by atoms with Gasteiger partial charge in [0.05, 0.1) is 0 Å². The maximum Gasteiger partial charge on any atom is 0.251 e. The van der Waals surface area contributed by atoms with E-state index in [2.05, 4.69) is 20.8 Å². The molecule has 1 aromatic heterocycles. The fourth-order valence-electron chi connectivity index (χ4n) is 1.48. The number of amides is 1. The van der Waals surface area contributed by atoms with Crippen molar-refractivity contribution >= 4 is 17.5 Å². The normalized spacial score (nSPS) is 10.3. The van der Waals surface area contributed by atoms with Crippen molar-refractivity contribution in [2.24, 2.45) is 7.05 Å². The number of nitrogens with zero attached hydrogens (tertiary/aromatic N) is 4. The van der Waals surface area contributed by atoms with Crippen LogP contribution in [0.1, 0.15) is 16.2 Å². The van der Waals surface area contributed by atoms with Crippen LogP contribution in [0.4, 0.5) is 0 Å². The fourth-order valence-corrected chi connectivity index (χ4v) is 1.67. The van der Waals surface area contributed by atoms with Crippen LogP contribution in [0.3, 0.4) is 0 Å². The van der Waals surface area contributed by atoms with E-state index >= 15 is 0 Å². The van der Waals surface area contributed by atoms with Gasteiger partial charge in [-0.2, -0.15) is 0 Å². The molecule has 0 saturated carbocycles. The number of halogens is 1. The summed E-state index contributed by atoms with van der Waals surface area (Å²) >= 11 is 5.82. The van der Waals surface area contributed by atoms with Crippen LogP contribution in [-0.2, 0) is 13.5 Å². The number of nitrogens with one attached hydrogen (secondary N) is 1. The predicted octanol–water partition coefficient (Wildman–Crippen LogP) is 0.836. The van der Waals surface area contributed by atoms with E-state index in [1.165, 1.54) is 0 Å². The lowest BCUT2D eigenvalue weighted by Gasteiger charge is -2.04. The van der Waals surface area contributed by atoms with Gasteiger partial charge in [0.2, 0.25) is 0 Å². The largest absolute Gasteiger partial charge is 0.352 e. The molecule has 6 nitrogen and oxygen atoms in total. The van der Waals surface area contributed by atoms with Gasteiger partial charge in [-0.3, -0.25) is 4.79 Å². The van der Waals surface area contributed by atoms with Gasteiger partial charge in [-0.1, -0.05) is 17.7 Å². The number of hydrogen-bond acceptors (Lipinski definition) is 4. The predicted molar refractivity (Wildman–Crippen MR) is 66.3 cm³/mol. The monoisotopic (exact) mass is 265 g/mol. The van der Waals surface area contributed by atoms with Crippen LogP contribution in [0.2, 0.25) is 5.02 Å². The molecule has 7 heteroatoms.